The molecule has 4 aromatic rings. The summed E-state index contributed by atoms with van der Waals surface area (Å²) in [5.74, 6) is 0.959. The lowest BCUT2D eigenvalue weighted by Crippen LogP contribution is -2.38. The van der Waals surface area contributed by atoms with Gasteiger partial charge in [-0.1, -0.05) is 6.07 Å². The summed E-state index contributed by atoms with van der Waals surface area (Å²) in [4.78, 5) is 31.7. The van der Waals surface area contributed by atoms with Gasteiger partial charge in [-0.25, -0.2) is 4.98 Å². The van der Waals surface area contributed by atoms with Crippen molar-refractivity contribution in [1.29, 1.82) is 0 Å². The Morgan fingerprint density at radius 2 is 1.97 bits per heavy atom. The third kappa shape index (κ3) is 5.35. The minimum Gasteiger partial charge on any atom is -0.467 e. The molecule has 1 N–H and O–H groups in total. The quantitative estimate of drug-likeness (QED) is 0.429. The van der Waals surface area contributed by atoms with Gasteiger partial charge in [0, 0.05) is 35.7 Å². The van der Waals surface area contributed by atoms with Crippen molar-refractivity contribution in [2.45, 2.75) is 17.2 Å². The smallest absolute Gasteiger partial charge is 0.254 e. The van der Waals surface area contributed by atoms with Gasteiger partial charge in [-0.2, -0.15) is 0 Å². The Balaban J connectivity index is 1.28. The number of aromatic nitrogens is 2. The lowest BCUT2D eigenvalue weighted by atomic mass is 10.2. The van der Waals surface area contributed by atoms with Crippen molar-refractivity contribution >= 4 is 29.2 Å². The highest BCUT2D eigenvalue weighted by molar-refractivity contribution is 7.98. The van der Waals surface area contributed by atoms with Crippen LogP contribution in [0.2, 0.25) is 0 Å². The zero-order valence-electron chi connectivity index (χ0n) is 17.0. The van der Waals surface area contributed by atoms with Gasteiger partial charge in [-0.05, 0) is 48.5 Å². The van der Waals surface area contributed by atoms with E-state index >= 15 is 0 Å². The first-order valence-electron chi connectivity index (χ1n) is 9.78. The zero-order chi connectivity index (χ0) is 21.6. The van der Waals surface area contributed by atoms with E-state index in [-0.39, 0.29) is 18.4 Å². The molecule has 158 valence electrons. The van der Waals surface area contributed by atoms with Crippen LogP contribution in [0.5, 0.6) is 0 Å². The highest BCUT2D eigenvalue weighted by atomic mass is 32.2. The maximum atomic E-state index is 12.6. The topological polar surface area (TPSA) is 79.9 Å². The summed E-state index contributed by atoms with van der Waals surface area (Å²) in [6.07, 6.45) is 5.55. The van der Waals surface area contributed by atoms with Crippen LogP contribution >= 0.6 is 11.8 Å². The normalized spacial score (nSPS) is 10.9. The molecule has 0 saturated carbocycles. The van der Waals surface area contributed by atoms with Crippen molar-refractivity contribution < 1.29 is 14.0 Å². The van der Waals surface area contributed by atoms with Crippen LogP contribution in [0.15, 0.2) is 82.6 Å². The van der Waals surface area contributed by atoms with Crippen molar-refractivity contribution in [1.82, 2.24) is 19.6 Å². The van der Waals surface area contributed by atoms with E-state index in [2.05, 4.69) is 10.3 Å². The molecule has 3 aromatic heterocycles. The molecule has 0 radical (unpaired) electrons. The van der Waals surface area contributed by atoms with Crippen molar-refractivity contribution in [2.24, 2.45) is 0 Å². The van der Waals surface area contributed by atoms with E-state index < -0.39 is 0 Å². The molecule has 0 fully saturated rings. The van der Waals surface area contributed by atoms with Gasteiger partial charge in [0.05, 0.1) is 25.0 Å². The number of likely N-dealkylation sites (N-methyl/N-ethyl adjacent to an activating group) is 1. The van der Waals surface area contributed by atoms with Crippen LogP contribution in [0.4, 0.5) is 0 Å². The summed E-state index contributed by atoms with van der Waals surface area (Å²) in [6, 6.07) is 16.9. The first kappa shape index (κ1) is 20.7. The molecular weight excluding hydrogens is 412 g/mol. The van der Waals surface area contributed by atoms with E-state index in [4.69, 9.17) is 4.42 Å². The van der Waals surface area contributed by atoms with Gasteiger partial charge in [0.15, 0.2) is 0 Å². The molecule has 0 aliphatic heterocycles. The summed E-state index contributed by atoms with van der Waals surface area (Å²) < 4.78 is 7.18. The van der Waals surface area contributed by atoms with E-state index in [1.807, 2.05) is 47.1 Å². The van der Waals surface area contributed by atoms with Crippen LogP contribution in [0.25, 0.3) is 5.65 Å². The first-order chi connectivity index (χ1) is 15.1. The Kier molecular flexibility index (Phi) is 6.37. The molecule has 3 heterocycles. The Bertz CT molecular complexity index is 1140. The monoisotopic (exact) mass is 434 g/mol. The van der Waals surface area contributed by atoms with Crippen LogP contribution in [0.1, 0.15) is 21.8 Å². The average Bonchev–Trinajstić information content (AvgIpc) is 3.45. The Hall–Kier alpha value is -3.52. The van der Waals surface area contributed by atoms with E-state index in [1.165, 1.54) is 4.90 Å². The number of amides is 2. The highest BCUT2D eigenvalue weighted by Crippen LogP contribution is 2.23. The largest absolute Gasteiger partial charge is 0.467 e. The second-order valence-electron chi connectivity index (χ2n) is 7.03. The van der Waals surface area contributed by atoms with Crippen molar-refractivity contribution in [3.8, 4) is 0 Å². The van der Waals surface area contributed by atoms with Crippen LogP contribution in [0, 0.1) is 0 Å². The molecule has 0 unspecified atom stereocenters. The van der Waals surface area contributed by atoms with E-state index in [1.54, 1.807) is 49.3 Å². The predicted molar refractivity (Wildman–Crippen MR) is 119 cm³/mol. The number of hydrogen-bond acceptors (Lipinski definition) is 5. The fourth-order valence-electron chi connectivity index (χ4n) is 3.07. The molecule has 4 rings (SSSR count). The van der Waals surface area contributed by atoms with E-state index in [9.17, 15) is 9.59 Å². The number of nitrogens with one attached hydrogen (secondary N) is 1. The summed E-state index contributed by atoms with van der Waals surface area (Å²) >= 11 is 1.66. The molecule has 8 heteroatoms. The van der Waals surface area contributed by atoms with Crippen LogP contribution in [0.3, 0.4) is 0 Å². The first-order valence-corrected chi connectivity index (χ1v) is 10.8. The van der Waals surface area contributed by atoms with Gasteiger partial charge in [0.1, 0.15) is 11.4 Å². The van der Waals surface area contributed by atoms with Gasteiger partial charge in [0.25, 0.3) is 5.91 Å². The fourth-order valence-corrected chi connectivity index (χ4v) is 3.85. The average molecular weight is 435 g/mol. The maximum absolute atomic E-state index is 12.6. The number of fused-ring (bicyclic) bond motifs is 1. The molecule has 0 bridgehead atoms. The number of imidazole rings is 1. The molecule has 0 aliphatic rings. The number of rotatable bonds is 8. The number of thioether (sulfide) groups is 1. The van der Waals surface area contributed by atoms with Gasteiger partial charge in [-0.3, -0.25) is 9.59 Å². The van der Waals surface area contributed by atoms with Gasteiger partial charge in [0.2, 0.25) is 5.91 Å². The lowest BCUT2D eigenvalue weighted by molar-refractivity contribution is -0.121. The number of benzene rings is 1. The molecule has 1 aromatic carbocycles. The molecule has 0 aliphatic carbocycles. The second kappa shape index (κ2) is 9.53. The summed E-state index contributed by atoms with van der Waals surface area (Å²) in [5.41, 5.74) is 2.46. The highest BCUT2D eigenvalue weighted by Gasteiger charge is 2.15. The number of carbonyl (C=O) groups is 2. The summed E-state index contributed by atoms with van der Waals surface area (Å²) in [5, 5.41) is 2.74. The number of pyridine rings is 1. The SMILES string of the molecule is CN(CC(=O)NCc1ccco1)C(=O)c1ccc(SCc2cn3ccccc3n2)cc1. The molecular formula is C23H22N4O3S. The van der Waals surface area contributed by atoms with Crippen molar-refractivity contribution in [3.05, 3.63) is 90.3 Å². The predicted octanol–water partition coefficient (Wildman–Crippen LogP) is 3.61. The molecule has 2 amide bonds. The van der Waals surface area contributed by atoms with Crippen LogP contribution in [-0.4, -0.2) is 39.7 Å². The molecule has 0 saturated heterocycles. The number of furan rings is 1. The lowest BCUT2D eigenvalue weighted by Gasteiger charge is -2.17. The molecule has 31 heavy (non-hydrogen) atoms. The van der Waals surface area contributed by atoms with Gasteiger partial charge < -0.3 is 19.0 Å². The van der Waals surface area contributed by atoms with Gasteiger partial charge in [-0.15, -0.1) is 11.8 Å². The number of carbonyl (C=O) groups excluding carboxylic acids is 2. The fraction of sp³-hybridized carbons (Fsp3) is 0.174. The Labute approximate surface area is 184 Å². The number of nitrogens with zero attached hydrogens (tertiary/aromatic N) is 3. The zero-order valence-corrected chi connectivity index (χ0v) is 17.8. The standard InChI is InChI=1S/C23H22N4O3S/c1-26(15-22(28)24-13-19-5-4-12-30-19)23(29)17-7-9-20(10-8-17)31-16-18-14-27-11-3-2-6-21(27)25-18/h2-12,14H,13,15-16H2,1H3,(H,24,28). The Morgan fingerprint density at radius 1 is 1.13 bits per heavy atom. The number of hydrogen-bond donors (Lipinski definition) is 1. The molecule has 0 spiro atoms. The van der Waals surface area contributed by atoms with Crippen LogP contribution in [-0.2, 0) is 17.1 Å². The third-order valence-electron chi connectivity index (χ3n) is 4.67. The van der Waals surface area contributed by atoms with Gasteiger partial charge >= 0.3 is 0 Å². The minimum absolute atomic E-state index is 0.0239. The Morgan fingerprint density at radius 3 is 2.71 bits per heavy atom. The van der Waals surface area contributed by atoms with Crippen molar-refractivity contribution in [3.63, 3.8) is 0 Å². The van der Waals surface area contributed by atoms with Crippen molar-refractivity contribution in [2.75, 3.05) is 13.6 Å². The third-order valence-corrected chi connectivity index (χ3v) is 5.71. The summed E-state index contributed by atoms with van der Waals surface area (Å²) in [6.45, 7) is 0.274. The van der Waals surface area contributed by atoms with E-state index in [0.29, 0.717) is 17.9 Å². The molecule has 0 atom stereocenters. The molecule has 7 nitrogen and oxygen atoms in total. The minimum atomic E-state index is -0.244. The summed E-state index contributed by atoms with van der Waals surface area (Å²) in [7, 11) is 1.61. The van der Waals surface area contributed by atoms with E-state index in [0.717, 1.165) is 22.0 Å². The van der Waals surface area contributed by atoms with Crippen LogP contribution < -0.4 is 5.32 Å². The second-order valence-corrected chi connectivity index (χ2v) is 8.08. The maximum Gasteiger partial charge on any atom is 0.254 e.